The molecule has 0 radical (unpaired) electrons. The number of guanidine groups is 1. The highest BCUT2D eigenvalue weighted by Gasteiger charge is 2.24. The number of amides is 1. The maximum atomic E-state index is 11.3. The van der Waals surface area contributed by atoms with Crippen LogP contribution >= 0.6 is 24.0 Å². The second-order valence-electron chi connectivity index (χ2n) is 7.54. The molecule has 0 aromatic heterocycles. The predicted octanol–water partition coefficient (Wildman–Crippen LogP) is 2.47. The van der Waals surface area contributed by atoms with Crippen molar-refractivity contribution in [2.75, 3.05) is 47.4 Å². The van der Waals surface area contributed by atoms with Crippen LogP contribution in [0, 0.1) is 5.92 Å². The lowest BCUT2D eigenvalue weighted by Gasteiger charge is -2.35. The van der Waals surface area contributed by atoms with Crippen LogP contribution in [0.1, 0.15) is 37.8 Å². The first-order valence-corrected chi connectivity index (χ1v) is 10.1. The number of hydrogen-bond donors (Lipinski definition) is 2. The van der Waals surface area contributed by atoms with E-state index >= 15 is 0 Å². The van der Waals surface area contributed by atoms with E-state index < -0.39 is 0 Å². The van der Waals surface area contributed by atoms with Gasteiger partial charge in [0.2, 0.25) is 5.91 Å². The van der Waals surface area contributed by atoms with Crippen molar-refractivity contribution in [1.29, 1.82) is 0 Å². The number of nitrogens with one attached hydrogen (secondary N) is 1. The highest BCUT2D eigenvalue weighted by molar-refractivity contribution is 14.0. The molecule has 2 unspecified atom stereocenters. The number of benzene rings is 1. The minimum absolute atomic E-state index is 0. The summed E-state index contributed by atoms with van der Waals surface area (Å²) in [7, 11) is 5.82. The summed E-state index contributed by atoms with van der Waals surface area (Å²) in [5.74, 6) is 1.85. The second kappa shape index (κ2) is 12.9. The van der Waals surface area contributed by atoms with Crippen molar-refractivity contribution < 1.29 is 9.53 Å². The van der Waals surface area contributed by atoms with Gasteiger partial charge in [0.1, 0.15) is 5.75 Å². The number of methoxy groups -OCH3 is 1. The zero-order valence-corrected chi connectivity index (χ0v) is 20.4. The quantitative estimate of drug-likeness (QED) is 0.315. The standard InChI is InChI=1S/C21H35N5O2.HI/c1-5-23-21(26-12-8-9-16(15-26)13-20(22)27)24-14-18(25(2)3)17-10-6-7-11-19(17)28-4;/h6-7,10-11,16,18H,5,8-9,12-15H2,1-4H3,(H2,22,27)(H,23,24);1H. The summed E-state index contributed by atoms with van der Waals surface area (Å²) in [5, 5.41) is 3.41. The van der Waals surface area contributed by atoms with Gasteiger partial charge in [-0.15, -0.1) is 24.0 Å². The van der Waals surface area contributed by atoms with Crippen LogP contribution in [-0.2, 0) is 4.79 Å². The molecule has 1 amide bonds. The number of halogens is 1. The average Bonchev–Trinajstić information content (AvgIpc) is 2.67. The number of likely N-dealkylation sites (tertiary alicyclic amines) is 1. The number of aliphatic imine (C=N–C) groups is 1. The lowest BCUT2D eigenvalue weighted by atomic mass is 9.95. The van der Waals surface area contributed by atoms with E-state index in [4.69, 9.17) is 15.5 Å². The van der Waals surface area contributed by atoms with E-state index in [1.165, 1.54) is 0 Å². The molecule has 1 aliphatic rings. The van der Waals surface area contributed by atoms with E-state index in [0.717, 1.165) is 49.7 Å². The van der Waals surface area contributed by atoms with Crippen LogP contribution in [0.2, 0.25) is 0 Å². The topological polar surface area (TPSA) is 83.2 Å². The van der Waals surface area contributed by atoms with E-state index in [9.17, 15) is 4.79 Å². The van der Waals surface area contributed by atoms with E-state index in [2.05, 4.69) is 42.2 Å². The zero-order valence-electron chi connectivity index (χ0n) is 18.1. The summed E-state index contributed by atoms with van der Waals surface area (Å²) in [6.07, 6.45) is 2.53. The molecule has 7 nitrogen and oxygen atoms in total. The highest BCUT2D eigenvalue weighted by Crippen LogP contribution is 2.28. The Labute approximate surface area is 192 Å². The van der Waals surface area contributed by atoms with Gasteiger partial charge in [-0.1, -0.05) is 18.2 Å². The molecule has 164 valence electrons. The Morgan fingerprint density at radius 1 is 1.41 bits per heavy atom. The van der Waals surface area contributed by atoms with Gasteiger partial charge in [0.25, 0.3) is 0 Å². The summed E-state index contributed by atoms with van der Waals surface area (Å²) >= 11 is 0. The smallest absolute Gasteiger partial charge is 0.217 e. The number of piperidine rings is 1. The number of nitrogens with two attached hydrogens (primary N) is 1. The molecule has 29 heavy (non-hydrogen) atoms. The largest absolute Gasteiger partial charge is 0.496 e. The molecule has 0 aliphatic carbocycles. The van der Waals surface area contributed by atoms with Gasteiger partial charge >= 0.3 is 0 Å². The van der Waals surface area contributed by atoms with Crippen LogP contribution in [0.25, 0.3) is 0 Å². The summed E-state index contributed by atoms with van der Waals surface area (Å²) < 4.78 is 5.55. The summed E-state index contributed by atoms with van der Waals surface area (Å²) in [4.78, 5) is 20.7. The van der Waals surface area contributed by atoms with Crippen molar-refractivity contribution in [3.8, 4) is 5.75 Å². The Balaban J connectivity index is 0.00000420. The maximum absolute atomic E-state index is 11.3. The molecule has 1 aliphatic heterocycles. The van der Waals surface area contributed by atoms with Crippen LogP contribution in [0.5, 0.6) is 5.75 Å². The number of rotatable bonds is 8. The van der Waals surface area contributed by atoms with Crippen LogP contribution in [-0.4, -0.2) is 69.1 Å². The fourth-order valence-electron chi connectivity index (χ4n) is 3.79. The predicted molar refractivity (Wildman–Crippen MR) is 129 cm³/mol. The van der Waals surface area contributed by atoms with Crippen molar-refractivity contribution in [2.45, 2.75) is 32.2 Å². The van der Waals surface area contributed by atoms with Gasteiger partial charge in [0.15, 0.2) is 5.96 Å². The number of likely N-dealkylation sites (N-methyl/N-ethyl adjacent to an activating group) is 1. The fourth-order valence-corrected chi connectivity index (χ4v) is 3.79. The van der Waals surface area contributed by atoms with Gasteiger partial charge in [-0.25, -0.2) is 0 Å². The van der Waals surface area contributed by atoms with Crippen LogP contribution in [0.3, 0.4) is 0 Å². The van der Waals surface area contributed by atoms with Crippen molar-refractivity contribution in [3.63, 3.8) is 0 Å². The van der Waals surface area contributed by atoms with Crippen LogP contribution in [0.4, 0.5) is 0 Å². The third-order valence-corrected chi connectivity index (χ3v) is 5.18. The third kappa shape index (κ3) is 7.65. The monoisotopic (exact) mass is 517 g/mol. The van der Waals surface area contributed by atoms with Crippen molar-refractivity contribution in [3.05, 3.63) is 29.8 Å². The van der Waals surface area contributed by atoms with Crippen LogP contribution < -0.4 is 15.8 Å². The molecular weight excluding hydrogens is 481 g/mol. The lowest BCUT2D eigenvalue weighted by Crippen LogP contribution is -2.47. The summed E-state index contributed by atoms with van der Waals surface area (Å²) in [5.41, 5.74) is 6.53. The van der Waals surface area contributed by atoms with Crippen molar-refractivity contribution in [2.24, 2.45) is 16.6 Å². The SMILES string of the molecule is CCNC(=NCC(c1ccccc1OC)N(C)C)N1CCCC(CC(N)=O)C1.I. The Hall–Kier alpha value is -1.55. The van der Waals surface area contributed by atoms with Gasteiger partial charge in [-0.2, -0.15) is 0 Å². The fraction of sp³-hybridized carbons (Fsp3) is 0.619. The number of carbonyl (C=O) groups is 1. The molecule has 0 saturated carbocycles. The van der Waals surface area contributed by atoms with Gasteiger partial charge in [0.05, 0.1) is 19.7 Å². The molecule has 1 fully saturated rings. The van der Waals surface area contributed by atoms with Gasteiger partial charge in [-0.3, -0.25) is 9.79 Å². The van der Waals surface area contributed by atoms with Crippen molar-refractivity contribution >= 4 is 35.8 Å². The number of carbonyl (C=O) groups excluding carboxylic acids is 1. The van der Waals surface area contributed by atoms with E-state index in [-0.39, 0.29) is 35.9 Å². The molecule has 1 heterocycles. The minimum atomic E-state index is -0.224. The number of primary amides is 1. The Kier molecular flexibility index (Phi) is 11.3. The molecule has 1 aromatic rings. The zero-order chi connectivity index (χ0) is 20.5. The number of hydrogen-bond acceptors (Lipinski definition) is 4. The van der Waals surface area contributed by atoms with Crippen LogP contribution in [0.15, 0.2) is 29.3 Å². The molecule has 2 atom stereocenters. The lowest BCUT2D eigenvalue weighted by molar-refractivity contribution is -0.119. The first-order chi connectivity index (χ1) is 13.5. The van der Waals surface area contributed by atoms with Gasteiger partial charge < -0.3 is 25.6 Å². The Morgan fingerprint density at radius 2 is 2.14 bits per heavy atom. The van der Waals surface area contributed by atoms with Crippen molar-refractivity contribution in [1.82, 2.24) is 15.1 Å². The summed E-state index contributed by atoms with van der Waals surface area (Å²) in [6, 6.07) is 8.20. The number of nitrogens with zero attached hydrogens (tertiary/aromatic N) is 3. The molecule has 1 aromatic carbocycles. The molecular formula is C21H36IN5O2. The third-order valence-electron chi connectivity index (χ3n) is 5.18. The van der Waals surface area contributed by atoms with Gasteiger partial charge in [-0.05, 0) is 45.8 Å². The maximum Gasteiger partial charge on any atom is 0.217 e. The van der Waals surface area contributed by atoms with E-state index in [0.29, 0.717) is 18.9 Å². The molecule has 8 heteroatoms. The normalized spacial score (nSPS) is 18.2. The Bertz CT molecular complexity index is 668. The molecule has 0 spiro atoms. The molecule has 2 rings (SSSR count). The minimum Gasteiger partial charge on any atom is -0.496 e. The molecule has 0 bridgehead atoms. The second-order valence-corrected chi connectivity index (χ2v) is 7.54. The molecule has 3 N–H and O–H groups in total. The summed E-state index contributed by atoms with van der Waals surface area (Å²) in [6.45, 7) is 5.26. The average molecular weight is 517 g/mol. The Morgan fingerprint density at radius 3 is 2.76 bits per heavy atom. The first kappa shape index (κ1) is 25.5. The van der Waals surface area contributed by atoms with E-state index in [1.54, 1.807) is 7.11 Å². The molecule has 1 saturated heterocycles. The van der Waals surface area contributed by atoms with Gasteiger partial charge in [0, 0.05) is 31.6 Å². The van der Waals surface area contributed by atoms with E-state index in [1.807, 2.05) is 18.2 Å². The first-order valence-electron chi connectivity index (χ1n) is 10.1. The number of ether oxygens (including phenoxy) is 1. The number of para-hydroxylation sites is 1. The highest BCUT2D eigenvalue weighted by atomic mass is 127.